The molecule has 0 fully saturated rings. The summed E-state index contributed by atoms with van der Waals surface area (Å²) in [5.74, 6) is 0. The van der Waals surface area contributed by atoms with Crippen LogP contribution in [-0.4, -0.2) is 0 Å². The first kappa shape index (κ1) is 41.5. The first-order chi connectivity index (χ1) is 31.9. The molecule has 9 aromatic rings. The van der Waals surface area contributed by atoms with Crippen molar-refractivity contribution >= 4 is 17.1 Å². The molecule has 0 amide bonds. The van der Waals surface area contributed by atoms with Crippen molar-refractivity contribution in [3.63, 3.8) is 0 Å². The molecule has 0 aliphatic heterocycles. The van der Waals surface area contributed by atoms with Crippen molar-refractivity contribution in [1.29, 1.82) is 0 Å². The molecular formula is C65H57N. The van der Waals surface area contributed by atoms with Gasteiger partial charge in [0.25, 0.3) is 0 Å². The molecule has 0 spiro atoms. The van der Waals surface area contributed by atoms with Crippen LogP contribution < -0.4 is 4.90 Å². The number of hydrogen-bond donors (Lipinski definition) is 0. The summed E-state index contributed by atoms with van der Waals surface area (Å²) in [5, 5.41) is 0. The Labute approximate surface area is 392 Å². The van der Waals surface area contributed by atoms with Crippen LogP contribution in [0.4, 0.5) is 17.1 Å². The Balaban J connectivity index is 1.17. The summed E-state index contributed by atoms with van der Waals surface area (Å²) in [7, 11) is 0. The van der Waals surface area contributed by atoms with Crippen LogP contribution in [0.25, 0.3) is 22.3 Å². The molecule has 2 aliphatic carbocycles. The van der Waals surface area contributed by atoms with Crippen LogP contribution in [0, 0.1) is 6.92 Å². The largest absolute Gasteiger partial charge is 0.310 e. The van der Waals surface area contributed by atoms with Crippen LogP contribution in [0.2, 0.25) is 0 Å². The maximum absolute atomic E-state index is 2.50. The Morgan fingerprint density at radius 1 is 0.303 bits per heavy atom. The van der Waals surface area contributed by atoms with Gasteiger partial charge in [0.15, 0.2) is 0 Å². The van der Waals surface area contributed by atoms with Crippen molar-refractivity contribution in [2.75, 3.05) is 4.90 Å². The molecule has 0 aromatic heterocycles. The lowest BCUT2D eigenvalue weighted by molar-refractivity contribution is 0.589. The fraction of sp³-hybridized carbons (Fsp3) is 0.169. The van der Waals surface area contributed by atoms with Gasteiger partial charge in [0.2, 0.25) is 0 Å². The van der Waals surface area contributed by atoms with Gasteiger partial charge in [-0.05, 0) is 132 Å². The first-order valence-corrected chi connectivity index (χ1v) is 23.6. The molecule has 0 saturated heterocycles. The second kappa shape index (κ2) is 15.5. The van der Waals surface area contributed by atoms with E-state index < -0.39 is 10.8 Å². The molecule has 322 valence electrons. The zero-order valence-corrected chi connectivity index (χ0v) is 39.2. The molecule has 0 saturated carbocycles. The highest BCUT2D eigenvalue weighted by molar-refractivity contribution is 5.92. The van der Waals surface area contributed by atoms with Crippen LogP contribution in [-0.2, 0) is 21.7 Å². The third-order valence-corrected chi connectivity index (χ3v) is 14.6. The fourth-order valence-corrected chi connectivity index (χ4v) is 11.3. The quantitative estimate of drug-likeness (QED) is 0.154. The molecule has 1 nitrogen and oxygen atoms in total. The standard InChI is InChI=1S/C65H57N/c1-44-26-28-48(29-27-44)65(50-36-32-46(33-37-50)63(5,6)7)59-25-17-15-23-55(59)57-41-39-53(43-61(57)65)66(51-20-12-9-13-21-51)52-38-40-56-54-22-14-16-24-58(54)64(60(56)42-52,47-18-10-8-11-19-47)49-34-30-45(31-35-49)62(2,3)4/h8-43H,1-7H3. The average Bonchev–Trinajstić information content (AvgIpc) is 3.80. The van der Waals surface area contributed by atoms with Crippen molar-refractivity contribution in [2.24, 2.45) is 0 Å². The number of para-hydroxylation sites is 1. The number of anilines is 3. The van der Waals surface area contributed by atoms with Gasteiger partial charge in [-0.3, -0.25) is 0 Å². The van der Waals surface area contributed by atoms with Crippen molar-refractivity contribution in [2.45, 2.75) is 70.1 Å². The molecular weight excluding hydrogens is 795 g/mol. The molecule has 0 N–H and O–H groups in total. The predicted molar refractivity (Wildman–Crippen MR) is 278 cm³/mol. The summed E-state index contributed by atoms with van der Waals surface area (Å²) >= 11 is 0. The summed E-state index contributed by atoms with van der Waals surface area (Å²) in [6.07, 6.45) is 0. The van der Waals surface area contributed by atoms with Crippen LogP contribution in [0.3, 0.4) is 0 Å². The van der Waals surface area contributed by atoms with E-state index in [1.54, 1.807) is 0 Å². The van der Waals surface area contributed by atoms with E-state index in [1.165, 1.54) is 83.5 Å². The van der Waals surface area contributed by atoms with E-state index in [-0.39, 0.29) is 10.8 Å². The number of benzene rings is 9. The molecule has 2 atom stereocenters. The number of rotatable bonds is 7. The van der Waals surface area contributed by atoms with E-state index in [0.29, 0.717) is 0 Å². The zero-order valence-electron chi connectivity index (χ0n) is 39.2. The van der Waals surface area contributed by atoms with Gasteiger partial charge in [-0.1, -0.05) is 229 Å². The molecule has 0 bridgehead atoms. The summed E-state index contributed by atoms with van der Waals surface area (Å²) in [4.78, 5) is 2.48. The minimum atomic E-state index is -0.546. The number of nitrogens with zero attached hydrogens (tertiary/aromatic N) is 1. The SMILES string of the molecule is Cc1ccc(C2(c3ccc(C(C)(C)C)cc3)c3ccccc3-c3ccc(N(c4ccccc4)c4ccc5c(c4)C(c4ccccc4)(c4ccc(C(C)(C)C)cc4)c4ccccc4-5)cc32)cc1. The molecule has 66 heavy (non-hydrogen) atoms. The van der Waals surface area contributed by atoms with Gasteiger partial charge in [0.1, 0.15) is 0 Å². The monoisotopic (exact) mass is 851 g/mol. The van der Waals surface area contributed by atoms with Gasteiger partial charge in [-0.25, -0.2) is 0 Å². The summed E-state index contributed by atoms with van der Waals surface area (Å²) in [6, 6.07) is 82.9. The molecule has 2 aliphatic rings. The minimum absolute atomic E-state index is 0.0373. The van der Waals surface area contributed by atoms with Crippen molar-refractivity contribution < 1.29 is 0 Å². The van der Waals surface area contributed by atoms with E-state index in [4.69, 9.17) is 0 Å². The van der Waals surface area contributed by atoms with Crippen LogP contribution in [0.15, 0.2) is 218 Å². The van der Waals surface area contributed by atoms with Gasteiger partial charge in [-0.2, -0.15) is 0 Å². The topological polar surface area (TPSA) is 3.24 Å². The average molecular weight is 852 g/mol. The summed E-state index contributed by atoms with van der Waals surface area (Å²) in [6.45, 7) is 16.0. The second-order valence-electron chi connectivity index (χ2n) is 20.6. The highest BCUT2D eigenvalue weighted by Crippen LogP contribution is 2.60. The van der Waals surface area contributed by atoms with Gasteiger partial charge in [-0.15, -0.1) is 0 Å². The van der Waals surface area contributed by atoms with E-state index >= 15 is 0 Å². The molecule has 11 rings (SSSR count). The van der Waals surface area contributed by atoms with Gasteiger partial charge in [0, 0.05) is 17.1 Å². The van der Waals surface area contributed by atoms with E-state index in [1.807, 2.05) is 0 Å². The Morgan fingerprint density at radius 2 is 0.652 bits per heavy atom. The number of fused-ring (bicyclic) bond motifs is 6. The summed E-state index contributed by atoms with van der Waals surface area (Å²) in [5.41, 5.74) is 21.6. The minimum Gasteiger partial charge on any atom is -0.310 e. The second-order valence-corrected chi connectivity index (χ2v) is 20.6. The maximum Gasteiger partial charge on any atom is 0.0714 e. The Morgan fingerprint density at radius 3 is 1.08 bits per heavy atom. The first-order valence-electron chi connectivity index (χ1n) is 23.6. The van der Waals surface area contributed by atoms with E-state index in [9.17, 15) is 0 Å². The maximum atomic E-state index is 2.50. The molecule has 2 unspecified atom stereocenters. The zero-order chi connectivity index (χ0) is 45.4. The fourth-order valence-electron chi connectivity index (χ4n) is 11.3. The molecule has 1 heteroatoms. The Kier molecular flexibility index (Phi) is 9.71. The molecule has 0 radical (unpaired) electrons. The Bertz CT molecular complexity index is 3240. The smallest absolute Gasteiger partial charge is 0.0714 e. The highest BCUT2D eigenvalue weighted by atomic mass is 15.1. The normalized spacial score (nSPS) is 17.1. The van der Waals surface area contributed by atoms with Crippen LogP contribution >= 0.6 is 0 Å². The number of hydrogen-bond acceptors (Lipinski definition) is 1. The lowest BCUT2D eigenvalue weighted by atomic mass is 9.67. The summed E-state index contributed by atoms with van der Waals surface area (Å²) < 4.78 is 0. The predicted octanol–water partition coefficient (Wildman–Crippen LogP) is 16.8. The van der Waals surface area contributed by atoms with E-state index in [0.717, 1.165) is 17.1 Å². The lowest BCUT2D eigenvalue weighted by Gasteiger charge is -2.36. The van der Waals surface area contributed by atoms with Crippen LogP contribution in [0.1, 0.15) is 103 Å². The highest BCUT2D eigenvalue weighted by Gasteiger charge is 2.48. The molecule has 0 heterocycles. The van der Waals surface area contributed by atoms with Crippen LogP contribution in [0.5, 0.6) is 0 Å². The third kappa shape index (κ3) is 6.35. The Hall–Kier alpha value is -7.22. The van der Waals surface area contributed by atoms with Crippen molar-refractivity contribution in [3.8, 4) is 22.3 Å². The third-order valence-electron chi connectivity index (χ3n) is 14.6. The van der Waals surface area contributed by atoms with Crippen molar-refractivity contribution in [1.82, 2.24) is 0 Å². The van der Waals surface area contributed by atoms with Gasteiger partial charge < -0.3 is 4.90 Å². The van der Waals surface area contributed by atoms with Crippen molar-refractivity contribution in [3.05, 3.63) is 280 Å². The number of aryl methyl sites for hydroxylation is 1. The van der Waals surface area contributed by atoms with Gasteiger partial charge >= 0.3 is 0 Å². The lowest BCUT2D eigenvalue weighted by Crippen LogP contribution is -2.29. The van der Waals surface area contributed by atoms with Gasteiger partial charge in [0.05, 0.1) is 10.8 Å². The van der Waals surface area contributed by atoms with E-state index in [2.05, 4.69) is 272 Å². The molecule has 9 aromatic carbocycles.